The van der Waals surface area contributed by atoms with Gasteiger partial charge in [-0.1, -0.05) is 0 Å². The molecular weight excluding hydrogens is 310 g/mol. The minimum Gasteiger partial charge on any atom is -0.347 e. The number of carbonyl (C=O) groups excluding carboxylic acids is 1. The van der Waals surface area contributed by atoms with Crippen molar-refractivity contribution >= 4 is 39.5 Å². The predicted molar refractivity (Wildman–Crippen MR) is 78.8 cm³/mol. The zero-order valence-corrected chi connectivity index (χ0v) is 13.2. The molecule has 110 valence electrons. The number of nitrogens with zero attached hydrogens (tertiary/aromatic N) is 1. The Hall–Kier alpha value is -0.700. The van der Waals surface area contributed by atoms with Gasteiger partial charge in [-0.15, -0.1) is 23.7 Å². The summed E-state index contributed by atoms with van der Waals surface area (Å²) in [6, 6.07) is -0.438. The molecular formula is C10H18ClN3O3S2. The lowest BCUT2D eigenvalue weighted by atomic mass is 10.3. The topological polar surface area (TPSA) is 102 Å². The summed E-state index contributed by atoms with van der Waals surface area (Å²) in [5, 5.41) is 5.05. The zero-order valence-electron chi connectivity index (χ0n) is 10.8. The van der Waals surface area contributed by atoms with Crippen molar-refractivity contribution in [3.05, 3.63) is 16.1 Å². The van der Waals surface area contributed by atoms with Crippen LogP contribution in [0.3, 0.4) is 0 Å². The summed E-state index contributed by atoms with van der Waals surface area (Å²) >= 11 is 1.37. The van der Waals surface area contributed by atoms with Crippen LogP contribution in [-0.2, 0) is 16.3 Å². The standard InChI is InChI=1S/C10H17N3O3S2.ClH/c1-7(6-18(2,15)16)12-10(14)8-5-17-9(13-8)3-4-11;/h5,7H,3-4,6,11H2,1-2H3,(H,12,14);1H. The molecule has 0 aliphatic carbocycles. The number of nitrogens with one attached hydrogen (secondary N) is 1. The Morgan fingerprint density at radius 2 is 2.21 bits per heavy atom. The maximum absolute atomic E-state index is 11.8. The fraction of sp³-hybridized carbons (Fsp3) is 0.600. The van der Waals surface area contributed by atoms with E-state index < -0.39 is 15.9 Å². The zero-order chi connectivity index (χ0) is 13.8. The van der Waals surface area contributed by atoms with Crippen molar-refractivity contribution in [1.29, 1.82) is 0 Å². The number of aromatic nitrogens is 1. The van der Waals surface area contributed by atoms with Crippen LogP contribution in [0.5, 0.6) is 0 Å². The van der Waals surface area contributed by atoms with Gasteiger partial charge in [0.15, 0.2) is 0 Å². The SMILES string of the molecule is CC(CS(C)(=O)=O)NC(=O)c1csc(CCN)n1.Cl. The van der Waals surface area contributed by atoms with E-state index in [1.54, 1.807) is 12.3 Å². The second kappa shape index (κ2) is 7.78. The quantitative estimate of drug-likeness (QED) is 0.778. The van der Waals surface area contributed by atoms with Crippen molar-refractivity contribution in [2.75, 3.05) is 18.6 Å². The number of hydrogen-bond acceptors (Lipinski definition) is 6. The minimum atomic E-state index is -3.10. The van der Waals surface area contributed by atoms with Crippen LogP contribution in [0, 0.1) is 0 Å². The van der Waals surface area contributed by atoms with Crippen LogP contribution >= 0.6 is 23.7 Å². The third-order valence-electron chi connectivity index (χ3n) is 2.07. The molecule has 0 aromatic carbocycles. The van der Waals surface area contributed by atoms with Crippen LogP contribution in [0.4, 0.5) is 0 Å². The molecule has 3 N–H and O–H groups in total. The number of sulfone groups is 1. The van der Waals surface area contributed by atoms with Gasteiger partial charge < -0.3 is 11.1 Å². The molecule has 0 spiro atoms. The van der Waals surface area contributed by atoms with Crippen LogP contribution < -0.4 is 11.1 Å². The van der Waals surface area contributed by atoms with Gasteiger partial charge in [0.25, 0.3) is 5.91 Å². The van der Waals surface area contributed by atoms with E-state index in [-0.39, 0.29) is 24.1 Å². The molecule has 19 heavy (non-hydrogen) atoms. The third kappa shape index (κ3) is 6.86. The number of carbonyl (C=O) groups is 1. The number of nitrogens with two attached hydrogens (primary N) is 1. The van der Waals surface area contributed by atoms with Gasteiger partial charge in [-0.3, -0.25) is 4.79 Å². The molecule has 1 atom stereocenters. The van der Waals surface area contributed by atoms with E-state index in [0.29, 0.717) is 18.7 Å². The fourth-order valence-corrected chi connectivity index (χ4v) is 3.23. The van der Waals surface area contributed by atoms with Crippen molar-refractivity contribution < 1.29 is 13.2 Å². The lowest BCUT2D eigenvalue weighted by molar-refractivity contribution is 0.0939. The van der Waals surface area contributed by atoms with Crippen molar-refractivity contribution in [3.8, 4) is 0 Å². The van der Waals surface area contributed by atoms with Crippen LogP contribution in [-0.4, -0.2) is 43.9 Å². The first kappa shape index (κ1) is 18.3. The third-order valence-corrected chi connectivity index (χ3v) is 4.09. The molecule has 0 bridgehead atoms. The highest BCUT2D eigenvalue weighted by Crippen LogP contribution is 2.10. The number of halogens is 1. The van der Waals surface area contributed by atoms with Gasteiger partial charge >= 0.3 is 0 Å². The second-order valence-corrected chi connectivity index (χ2v) is 7.26. The molecule has 1 aromatic rings. The first-order valence-corrected chi connectivity index (χ1v) is 8.39. The summed E-state index contributed by atoms with van der Waals surface area (Å²) in [5.74, 6) is -0.441. The van der Waals surface area contributed by atoms with E-state index in [9.17, 15) is 13.2 Å². The van der Waals surface area contributed by atoms with Crippen LogP contribution in [0.1, 0.15) is 22.4 Å². The normalized spacial score (nSPS) is 12.6. The van der Waals surface area contributed by atoms with Crippen molar-refractivity contribution in [1.82, 2.24) is 10.3 Å². The highest BCUT2D eigenvalue weighted by atomic mass is 35.5. The van der Waals surface area contributed by atoms with E-state index in [0.717, 1.165) is 11.3 Å². The molecule has 9 heteroatoms. The average molecular weight is 328 g/mol. The lowest BCUT2D eigenvalue weighted by Gasteiger charge is -2.11. The van der Waals surface area contributed by atoms with Gasteiger partial charge in [0.1, 0.15) is 15.5 Å². The highest BCUT2D eigenvalue weighted by Gasteiger charge is 2.16. The summed E-state index contributed by atoms with van der Waals surface area (Å²) in [6.45, 7) is 2.13. The fourth-order valence-electron chi connectivity index (χ4n) is 1.45. The van der Waals surface area contributed by atoms with E-state index >= 15 is 0 Å². The van der Waals surface area contributed by atoms with Gasteiger partial charge in [0, 0.05) is 24.1 Å². The van der Waals surface area contributed by atoms with Gasteiger partial charge in [-0.2, -0.15) is 0 Å². The van der Waals surface area contributed by atoms with Crippen LogP contribution in [0.2, 0.25) is 0 Å². The summed E-state index contributed by atoms with van der Waals surface area (Å²) < 4.78 is 22.1. The van der Waals surface area contributed by atoms with Gasteiger partial charge in [-0.05, 0) is 13.5 Å². The van der Waals surface area contributed by atoms with E-state index in [4.69, 9.17) is 5.73 Å². The Balaban J connectivity index is 0.00000324. The van der Waals surface area contributed by atoms with E-state index in [1.165, 1.54) is 11.3 Å². The summed E-state index contributed by atoms with van der Waals surface area (Å²) in [5.41, 5.74) is 5.70. The molecule has 1 heterocycles. The number of rotatable bonds is 6. The molecule has 0 saturated heterocycles. The molecule has 0 radical (unpaired) electrons. The molecule has 1 aromatic heterocycles. The summed E-state index contributed by atoms with van der Waals surface area (Å²) in [4.78, 5) is 15.9. The number of hydrogen-bond donors (Lipinski definition) is 2. The minimum absolute atomic E-state index is 0. The average Bonchev–Trinajstić information content (AvgIpc) is 2.63. The van der Waals surface area contributed by atoms with E-state index in [2.05, 4.69) is 10.3 Å². The predicted octanol–water partition coefficient (Wildman–Crippen LogP) is 0.229. The number of thiazole rings is 1. The second-order valence-electron chi connectivity index (χ2n) is 4.13. The van der Waals surface area contributed by atoms with Gasteiger partial charge in [-0.25, -0.2) is 13.4 Å². The Bertz CT molecular complexity index is 516. The lowest BCUT2D eigenvalue weighted by Crippen LogP contribution is -2.37. The van der Waals surface area contributed by atoms with Crippen LogP contribution in [0.25, 0.3) is 0 Å². The smallest absolute Gasteiger partial charge is 0.270 e. The Kier molecular flexibility index (Phi) is 7.50. The highest BCUT2D eigenvalue weighted by molar-refractivity contribution is 7.90. The monoisotopic (exact) mass is 327 g/mol. The summed E-state index contributed by atoms with van der Waals surface area (Å²) in [6.07, 6.45) is 1.77. The Morgan fingerprint density at radius 3 is 2.74 bits per heavy atom. The van der Waals surface area contributed by atoms with Crippen molar-refractivity contribution in [2.45, 2.75) is 19.4 Å². The summed E-state index contributed by atoms with van der Waals surface area (Å²) in [7, 11) is -3.10. The molecule has 0 saturated carbocycles. The Labute approximate surface area is 123 Å². The Morgan fingerprint density at radius 1 is 1.58 bits per heavy atom. The first-order valence-electron chi connectivity index (χ1n) is 5.45. The molecule has 0 fully saturated rings. The molecule has 1 rings (SSSR count). The number of amides is 1. The molecule has 6 nitrogen and oxygen atoms in total. The maximum Gasteiger partial charge on any atom is 0.270 e. The van der Waals surface area contributed by atoms with Crippen LogP contribution in [0.15, 0.2) is 5.38 Å². The van der Waals surface area contributed by atoms with Gasteiger partial charge in [0.2, 0.25) is 0 Å². The van der Waals surface area contributed by atoms with Crippen molar-refractivity contribution in [3.63, 3.8) is 0 Å². The largest absolute Gasteiger partial charge is 0.347 e. The van der Waals surface area contributed by atoms with E-state index in [1.807, 2.05) is 0 Å². The molecule has 0 aliphatic rings. The molecule has 0 aliphatic heterocycles. The molecule has 1 unspecified atom stereocenters. The first-order chi connectivity index (χ1) is 8.31. The van der Waals surface area contributed by atoms with Gasteiger partial charge in [0.05, 0.1) is 10.8 Å². The molecule has 1 amide bonds. The van der Waals surface area contributed by atoms with Crippen molar-refractivity contribution in [2.24, 2.45) is 5.73 Å². The maximum atomic E-state index is 11.8.